The molecule has 2 atom stereocenters. The molecule has 1 aliphatic heterocycles. The highest BCUT2D eigenvalue weighted by Gasteiger charge is 2.61. The molecule has 4 saturated carbocycles. The molecule has 7 heteroatoms. The van der Waals surface area contributed by atoms with Crippen molar-refractivity contribution < 1.29 is 28.2 Å². The summed E-state index contributed by atoms with van der Waals surface area (Å²) in [4.78, 5) is 25.1. The maximum atomic E-state index is 14.0. The van der Waals surface area contributed by atoms with Gasteiger partial charge in [0.2, 0.25) is 5.91 Å². The summed E-state index contributed by atoms with van der Waals surface area (Å²) < 4.78 is 30.4. The predicted octanol–water partition coefficient (Wildman–Crippen LogP) is 3.21. The van der Waals surface area contributed by atoms with Gasteiger partial charge >= 0.3 is 5.97 Å². The van der Waals surface area contributed by atoms with Crippen molar-refractivity contribution in [3.05, 3.63) is 29.1 Å². The molecule has 4 aliphatic carbocycles. The van der Waals surface area contributed by atoms with Crippen LogP contribution in [-0.2, 0) is 32.3 Å². The van der Waals surface area contributed by atoms with Crippen molar-refractivity contribution in [3.8, 4) is 5.75 Å². The number of hydrogen-bond acceptors (Lipinski definition) is 5. The SMILES string of the molecule is CC(=O)NC12CC3CC(C1)CC(C(=O)OCc1cc(F)cc4c1OCOC4)(C3)C2. The van der Waals surface area contributed by atoms with Gasteiger partial charge in [-0.2, -0.15) is 0 Å². The molecule has 6 nitrogen and oxygen atoms in total. The fourth-order valence-corrected chi connectivity index (χ4v) is 6.68. The number of nitrogens with one attached hydrogen (secondary N) is 1. The van der Waals surface area contributed by atoms with Crippen molar-refractivity contribution >= 4 is 11.9 Å². The summed E-state index contributed by atoms with van der Waals surface area (Å²) >= 11 is 0. The Labute approximate surface area is 169 Å². The van der Waals surface area contributed by atoms with E-state index in [1.54, 1.807) is 6.92 Å². The highest BCUT2D eigenvalue weighted by molar-refractivity contribution is 5.79. The van der Waals surface area contributed by atoms with Crippen LogP contribution in [0.25, 0.3) is 0 Å². The number of esters is 1. The molecule has 5 aliphatic rings. The van der Waals surface area contributed by atoms with Gasteiger partial charge in [0.1, 0.15) is 18.2 Å². The summed E-state index contributed by atoms with van der Waals surface area (Å²) in [5.74, 6) is 0.762. The Balaban J connectivity index is 1.35. The van der Waals surface area contributed by atoms with E-state index in [2.05, 4.69) is 5.32 Å². The number of benzene rings is 1. The molecular formula is C22H26FNO5. The molecule has 0 radical (unpaired) electrons. The number of rotatable bonds is 4. The molecule has 29 heavy (non-hydrogen) atoms. The van der Waals surface area contributed by atoms with Crippen molar-refractivity contribution in [1.29, 1.82) is 0 Å². The minimum atomic E-state index is -0.552. The van der Waals surface area contributed by atoms with Crippen LogP contribution in [0.2, 0.25) is 0 Å². The zero-order valence-corrected chi connectivity index (χ0v) is 16.6. The number of amides is 1. The Morgan fingerprint density at radius 3 is 2.72 bits per heavy atom. The molecule has 1 aromatic rings. The van der Waals surface area contributed by atoms with Gasteiger partial charge in [-0.25, -0.2) is 4.39 Å². The third-order valence-electron chi connectivity index (χ3n) is 7.05. The van der Waals surface area contributed by atoms with Crippen LogP contribution >= 0.6 is 0 Å². The third kappa shape index (κ3) is 3.29. The fraction of sp³-hybridized carbons (Fsp3) is 0.636. The summed E-state index contributed by atoms with van der Waals surface area (Å²) in [6.45, 7) is 1.90. The number of fused-ring (bicyclic) bond motifs is 1. The van der Waals surface area contributed by atoms with Crippen LogP contribution in [0.5, 0.6) is 5.75 Å². The van der Waals surface area contributed by atoms with E-state index in [0.717, 1.165) is 32.1 Å². The molecule has 156 valence electrons. The van der Waals surface area contributed by atoms with Crippen LogP contribution in [0.15, 0.2) is 12.1 Å². The first-order chi connectivity index (χ1) is 13.9. The van der Waals surface area contributed by atoms with E-state index >= 15 is 0 Å². The first kappa shape index (κ1) is 18.9. The average Bonchev–Trinajstić information content (AvgIpc) is 2.63. The van der Waals surface area contributed by atoms with Gasteiger partial charge in [0.25, 0.3) is 0 Å². The van der Waals surface area contributed by atoms with E-state index in [-0.39, 0.29) is 37.4 Å². The highest BCUT2D eigenvalue weighted by atomic mass is 19.1. The first-order valence-corrected chi connectivity index (χ1v) is 10.3. The lowest BCUT2D eigenvalue weighted by Crippen LogP contribution is -2.64. The number of halogens is 1. The molecule has 1 heterocycles. The van der Waals surface area contributed by atoms with Gasteiger partial charge in [-0.3, -0.25) is 9.59 Å². The average molecular weight is 403 g/mol. The fourth-order valence-electron chi connectivity index (χ4n) is 6.68. The van der Waals surface area contributed by atoms with Crippen LogP contribution in [0.3, 0.4) is 0 Å². The molecule has 1 N–H and O–H groups in total. The molecule has 6 rings (SSSR count). The molecule has 2 unspecified atom stereocenters. The number of hydrogen-bond donors (Lipinski definition) is 1. The number of carbonyl (C=O) groups is 2. The third-order valence-corrected chi connectivity index (χ3v) is 7.05. The summed E-state index contributed by atoms with van der Waals surface area (Å²) in [5, 5.41) is 3.16. The van der Waals surface area contributed by atoms with Crippen molar-refractivity contribution in [2.24, 2.45) is 17.3 Å². The Bertz CT molecular complexity index is 855. The number of ether oxygens (including phenoxy) is 3. The second kappa shape index (κ2) is 6.69. The minimum Gasteiger partial charge on any atom is -0.467 e. The Morgan fingerprint density at radius 1 is 1.24 bits per heavy atom. The van der Waals surface area contributed by atoms with Gasteiger partial charge in [0, 0.05) is 23.6 Å². The number of carbonyl (C=O) groups excluding carboxylic acids is 2. The van der Waals surface area contributed by atoms with Crippen molar-refractivity contribution in [3.63, 3.8) is 0 Å². The van der Waals surface area contributed by atoms with Gasteiger partial charge in [-0.05, 0) is 62.5 Å². The monoisotopic (exact) mass is 403 g/mol. The molecule has 0 saturated heterocycles. The Hall–Kier alpha value is -2.15. The van der Waals surface area contributed by atoms with Crippen LogP contribution in [0.4, 0.5) is 4.39 Å². The van der Waals surface area contributed by atoms with Crippen LogP contribution < -0.4 is 10.1 Å². The molecule has 0 spiro atoms. The van der Waals surface area contributed by atoms with E-state index in [1.165, 1.54) is 12.1 Å². The van der Waals surface area contributed by atoms with Gasteiger partial charge in [0.15, 0.2) is 6.79 Å². The quantitative estimate of drug-likeness (QED) is 0.782. The van der Waals surface area contributed by atoms with E-state index < -0.39 is 11.2 Å². The summed E-state index contributed by atoms with van der Waals surface area (Å²) in [5.41, 5.74) is 0.316. The van der Waals surface area contributed by atoms with E-state index in [4.69, 9.17) is 14.2 Å². The summed E-state index contributed by atoms with van der Waals surface area (Å²) in [6.07, 6.45) is 5.29. The molecular weight excluding hydrogens is 377 g/mol. The molecule has 1 aromatic carbocycles. The van der Waals surface area contributed by atoms with E-state index in [1.807, 2.05) is 0 Å². The molecule has 1 amide bonds. The van der Waals surface area contributed by atoms with Gasteiger partial charge in [0.05, 0.1) is 12.0 Å². The summed E-state index contributed by atoms with van der Waals surface area (Å²) in [7, 11) is 0. The van der Waals surface area contributed by atoms with Gasteiger partial charge in [-0.15, -0.1) is 0 Å². The summed E-state index contributed by atoms with van der Waals surface area (Å²) in [6, 6.07) is 2.74. The minimum absolute atomic E-state index is 0.0247. The van der Waals surface area contributed by atoms with Crippen LogP contribution in [-0.4, -0.2) is 24.2 Å². The lowest BCUT2D eigenvalue weighted by atomic mass is 9.47. The van der Waals surface area contributed by atoms with Crippen molar-refractivity contribution in [2.75, 3.05) is 6.79 Å². The second-order valence-electron chi connectivity index (χ2n) is 9.44. The van der Waals surface area contributed by atoms with Crippen LogP contribution in [0, 0.1) is 23.1 Å². The maximum Gasteiger partial charge on any atom is 0.312 e. The van der Waals surface area contributed by atoms with Crippen molar-refractivity contribution in [2.45, 2.75) is 64.2 Å². The maximum absolute atomic E-state index is 14.0. The second-order valence-corrected chi connectivity index (χ2v) is 9.44. The van der Waals surface area contributed by atoms with Crippen molar-refractivity contribution in [1.82, 2.24) is 5.32 Å². The van der Waals surface area contributed by atoms with Gasteiger partial charge < -0.3 is 19.5 Å². The molecule has 4 fully saturated rings. The normalized spacial score (nSPS) is 34.3. The smallest absolute Gasteiger partial charge is 0.312 e. The lowest BCUT2D eigenvalue weighted by Gasteiger charge is -2.60. The zero-order chi connectivity index (χ0) is 20.2. The highest BCUT2D eigenvalue weighted by Crippen LogP contribution is 2.62. The molecule has 0 aromatic heterocycles. The first-order valence-electron chi connectivity index (χ1n) is 10.3. The lowest BCUT2D eigenvalue weighted by molar-refractivity contribution is -0.177. The van der Waals surface area contributed by atoms with Crippen LogP contribution in [0.1, 0.15) is 56.6 Å². The topological polar surface area (TPSA) is 73.9 Å². The standard InChI is InChI=1S/C22H26FNO5/c1-13(25)24-22-7-14-2-15(8-22)6-21(5-14,11-22)20(26)28-10-17-4-18(23)3-16-9-27-12-29-19(16)17/h3-4,14-15H,2,5-12H2,1H3,(H,24,25). The zero-order valence-electron chi connectivity index (χ0n) is 16.6. The predicted molar refractivity (Wildman–Crippen MR) is 100 cm³/mol. The van der Waals surface area contributed by atoms with E-state index in [0.29, 0.717) is 35.1 Å². The van der Waals surface area contributed by atoms with E-state index in [9.17, 15) is 14.0 Å². The molecule has 4 bridgehead atoms. The Morgan fingerprint density at radius 2 is 2.00 bits per heavy atom. The largest absolute Gasteiger partial charge is 0.467 e. The Kier molecular flexibility index (Phi) is 4.35. The van der Waals surface area contributed by atoms with Gasteiger partial charge in [-0.1, -0.05) is 0 Å².